The normalized spacial score (nSPS) is 17.2. The molecule has 10 heteroatoms. The van der Waals surface area contributed by atoms with Gasteiger partial charge in [-0.1, -0.05) is 18.2 Å². The summed E-state index contributed by atoms with van der Waals surface area (Å²) in [5.74, 6) is -0.0495. The molecule has 0 unspecified atom stereocenters. The Kier molecular flexibility index (Phi) is 6.75. The number of hydrogen-bond donors (Lipinski definition) is 2. The Hall–Kier alpha value is -4.05. The van der Waals surface area contributed by atoms with Crippen LogP contribution in [0.25, 0.3) is 0 Å². The fourth-order valence-corrected chi connectivity index (χ4v) is 5.35. The van der Waals surface area contributed by atoms with Gasteiger partial charge in [0.1, 0.15) is 12.7 Å². The molecule has 1 aliphatic rings. The highest BCUT2D eigenvalue weighted by Crippen LogP contribution is 2.40. The first kappa shape index (κ1) is 24.6. The Morgan fingerprint density at radius 3 is 2.59 bits per heavy atom. The second-order valence-electron chi connectivity index (χ2n) is 9.42. The van der Waals surface area contributed by atoms with Crippen LogP contribution < -0.4 is 10.6 Å². The lowest BCUT2D eigenvalue weighted by molar-refractivity contribution is -0.116. The molecule has 2 N–H and O–H groups in total. The van der Waals surface area contributed by atoms with Gasteiger partial charge in [0.15, 0.2) is 5.11 Å². The summed E-state index contributed by atoms with van der Waals surface area (Å²) in [7, 11) is 0. The van der Waals surface area contributed by atoms with E-state index in [4.69, 9.17) is 12.2 Å². The van der Waals surface area contributed by atoms with E-state index in [1.807, 2.05) is 54.9 Å². The van der Waals surface area contributed by atoms with Crippen LogP contribution >= 0.6 is 12.2 Å². The number of thiocarbonyl (C=S) groups is 1. The summed E-state index contributed by atoms with van der Waals surface area (Å²) >= 11 is 5.80. The van der Waals surface area contributed by atoms with Crippen molar-refractivity contribution in [1.82, 2.24) is 34.8 Å². The Labute approximate surface area is 221 Å². The van der Waals surface area contributed by atoms with Gasteiger partial charge in [-0.25, -0.2) is 4.68 Å². The van der Waals surface area contributed by atoms with Crippen molar-refractivity contribution in [3.8, 4) is 0 Å². The highest BCUT2D eigenvalue weighted by Gasteiger charge is 2.41. The quantitative estimate of drug-likeness (QED) is 0.360. The van der Waals surface area contributed by atoms with Gasteiger partial charge >= 0.3 is 0 Å². The molecule has 1 aliphatic heterocycles. The van der Waals surface area contributed by atoms with Gasteiger partial charge in [0.2, 0.25) is 5.91 Å². The predicted molar refractivity (Wildman–Crippen MR) is 146 cm³/mol. The van der Waals surface area contributed by atoms with Gasteiger partial charge in [-0.2, -0.15) is 0 Å². The fourth-order valence-electron chi connectivity index (χ4n) is 5.02. The maximum Gasteiger partial charge on any atom is 0.226 e. The second kappa shape index (κ2) is 10.1. The molecule has 4 heterocycles. The maximum atomic E-state index is 13.0. The first-order valence-electron chi connectivity index (χ1n) is 12.2. The topological polar surface area (TPSA) is 92.9 Å². The number of hydrogen-bond acceptors (Lipinski definition) is 5. The average Bonchev–Trinajstić information content (AvgIpc) is 3.58. The van der Waals surface area contributed by atoms with Gasteiger partial charge in [-0.05, 0) is 75.3 Å². The van der Waals surface area contributed by atoms with Crippen molar-refractivity contribution in [1.29, 1.82) is 0 Å². The van der Waals surface area contributed by atoms with Crippen molar-refractivity contribution in [3.63, 3.8) is 0 Å². The molecule has 1 fully saturated rings. The molecular formula is C27H30N8OS. The minimum atomic E-state index is -0.161. The molecule has 1 aromatic carbocycles. The van der Waals surface area contributed by atoms with Gasteiger partial charge in [0.05, 0.1) is 17.8 Å². The van der Waals surface area contributed by atoms with Crippen LogP contribution in [0.2, 0.25) is 0 Å². The van der Waals surface area contributed by atoms with E-state index in [2.05, 4.69) is 55.3 Å². The Balaban J connectivity index is 1.45. The van der Waals surface area contributed by atoms with Crippen molar-refractivity contribution in [2.45, 2.75) is 46.2 Å². The molecule has 3 aromatic heterocycles. The number of nitrogens with one attached hydrogen (secondary N) is 2. The number of rotatable bonds is 7. The second-order valence-corrected chi connectivity index (χ2v) is 9.80. The molecule has 37 heavy (non-hydrogen) atoms. The zero-order valence-corrected chi connectivity index (χ0v) is 22.2. The molecule has 0 spiro atoms. The number of nitrogens with zero attached hydrogens (tertiary/aromatic N) is 6. The van der Waals surface area contributed by atoms with Crippen LogP contribution in [0.5, 0.6) is 0 Å². The van der Waals surface area contributed by atoms with Gasteiger partial charge in [0, 0.05) is 41.8 Å². The number of aryl methyl sites for hydroxylation is 3. The number of pyridine rings is 1. The third-order valence-corrected chi connectivity index (χ3v) is 7.19. The molecular weight excluding hydrogens is 484 g/mol. The highest BCUT2D eigenvalue weighted by atomic mass is 32.1. The molecule has 1 amide bonds. The molecule has 0 bridgehead atoms. The van der Waals surface area contributed by atoms with E-state index in [9.17, 15) is 4.79 Å². The van der Waals surface area contributed by atoms with E-state index in [-0.39, 0.29) is 18.0 Å². The van der Waals surface area contributed by atoms with Crippen molar-refractivity contribution in [2.24, 2.45) is 0 Å². The first-order chi connectivity index (χ1) is 17.8. The van der Waals surface area contributed by atoms with Crippen molar-refractivity contribution in [2.75, 3.05) is 11.9 Å². The summed E-state index contributed by atoms with van der Waals surface area (Å²) < 4.78 is 3.92. The molecule has 4 aromatic rings. The maximum absolute atomic E-state index is 13.0. The molecule has 190 valence electrons. The first-order valence-corrected chi connectivity index (χ1v) is 12.6. The molecule has 5 rings (SSSR count). The van der Waals surface area contributed by atoms with Crippen molar-refractivity contribution >= 4 is 28.9 Å². The zero-order valence-electron chi connectivity index (χ0n) is 21.3. The van der Waals surface area contributed by atoms with Crippen LogP contribution in [-0.2, 0) is 4.79 Å². The Bertz CT molecular complexity index is 1430. The zero-order chi connectivity index (χ0) is 26.1. The van der Waals surface area contributed by atoms with Gasteiger partial charge in [0.25, 0.3) is 0 Å². The summed E-state index contributed by atoms with van der Waals surface area (Å²) in [5.41, 5.74) is 7.05. The molecule has 0 aliphatic carbocycles. The third kappa shape index (κ3) is 4.84. The lowest BCUT2D eigenvalue weighted by atomic mass is 9.96. The Morgan fingerprint density at radius 2 is 1.86 bits per heavy atom. The van der Waals surface area contributed by atoms with E-state index in [0.717, 1.165) is 39.5 Å². The average molecular weight is 515 g/mol. The monoisotopic (exact) mass is 514 g/mol. The number of carbonyl (C=O) groups is 1. The highest BCUT2D eigenvalue weighted by molar-refractivity contribution is 7.80. The molecule has 2 atom stereocenters. The van der Waals surface area contributed by atoms with Crippen molar-refractivity contribution < 1.29 is 4.79 Å². The van der Waals surface area contributed by atoms with Gasteiger partial charge in [-0.15, -0.1) is 10.2 Å². The molecule has 1 saturated heterocycles. The SMILES string of the molecule is Cc1ccc(C)c(NC(=O)CCN2C(=S)N[C@H](c3ccccn3)[C@H]2c2cc(C)n(-n3cnnc3)c2C)c1. The minimum absolute atomic E-state index is 0.0495. The molecule has 0 saturated carbocycles. The number of benzene rings is 1. The van der Waals surface area contributed by atoms with Crippen LogP contribution in [-0.4, -0.2) is 47.0 Å². The fraction of sp³-hybridized carbons (Fsp3) is 0.296. The smallest absolute Gasteiger partial charge is 0.226 e. The number of aromatic nitrogens is 5. The van der Waals surface area contributed by atoms with E-state index < -0.39 is 0 Å². The number of amides is 1. The summed E-state index contributed by atoms with van der Waals surface area (Å²) in [6.45, 7) is 8.60. The minimum Gasteiger partial charge on any atom is -0.352 e. The van der Waals surface area contributed by atoms with Gasteiger partial charge in [-0.3, -0.25) is 14.5 Å². The molecule has 0 radical (unpaired) electrons. The van der Waals surface area contributed by atoms with E-state index in [0.29, 0.717) is 18.1 Å². The standard InChI is InChI=1S/C27H30N8OS/c1-17-8-9-18(2)23(13-17)31-24(36)10-12-34-26(25(32-27(34)37)22-7-5-6-11-28-22)21-14-19(3)35(20(21)4)33-15-29-30-16-33/h5-9,11,13-16,25-26H,10,12H2,1-4H3,(H,31,36)(H,32,37)/t25-,26-/m1/s1. The third-order valence-electron chi connectivity index (χ3n) is 6.83. The van der Waals surface area contributed by atoms with Crippen molar-refractivity contribution in [3.05, 3.63) is 95.1 Å². The van der Waals surface area contributed by atoms with Crippen LogP contribution in [0.3, 0.4) is 0 Å². The number of anilines is 1. The largest absolute Gasteiger partial charge is 0.352 e. The molecule has 9 nitrogen and oxygen atoms in total. The Morgan fingerprint density at radius 1 is 1.08 bits per heavy atom. The summed E-state index contributed by atoms with van der Waals surface area (Å²) in [5, 5.41) is 15.1. The van der Waals surface area contributed by atoms with E-state index in [1.54, 1.807) is 18.9 Å². The van der Waals surface area contributed by atoms with Gasteiger partial charge < -0.3 is 15.5 Å². The van der Waals surface area contributed by atoms with Crippen LogP contribution in [0.15, 0.2) is 61.3 Å². The summed E-state index contributed by atoms with van der Waals surface area (Å²) in [4.78, 5) is 19.7. The lowest BCUT2D eigenvalue weighted by Crippen LogP contribution is -2.33. The van der Waals surface area contributed by atoms with Crippen LogP contribution in [0, 0.1) is 27.7 Å². The van der Waals surface area contributed by atoms with Crippen LogP contribution in [0.4, 0.5) is 5.69 Å². The number of carbonyl (C=O) groups excluding carboxylic acids is 1. The predicted octanol–water partition coefficient (Wildman–Crippen LogP) is 4.02. The summed E-state index contributed by atoms with van der Waals surface area (Å²) in [6, 6.07) is 13.8. The van der Waals surface area contributed by atoms with E-state index in [1.165, 1.54) is 0 Å². The van der Waals surface area contributed by atoms with Crippen LogP contribution in [0.1, 0.15) is 52.3 Å². The summed E-state index contributed by atoms with van der Waals surface area (Å²) in [6.07, 6.45) is 5.43. The lowest BCUT2D eigenvalue weighted by Gasteiger charge is -2.28. The van der Waals surface area contributed by atoms with E-state index >= 15 is 0 Å².